The zero-order valence-electron chi connectivity index (χ0n) is 12.3. The molecule has 2 heterocycles. The molecule has 0 bridgehead atoms. The number of aromatic hydroxyl groups is 1. The fourth-order valence-corrected chi connectivity index (χ4v) is 3.41. The van der Waals surface area contributed by atoms with Gasteiger partial charge in [0.2, 0.25) is 5.91 Å². The number of rotatable bonds is 4. The number of thioether (sulfide) groups is 1. The topological polar surface area (TPSA) is 96.8 Å². The summed E-state index contributed by atoms with van der Waals surface area (Å²) in [4.78, 5) is 24.7. The summed E-state index contributed by atoms with van der Waals surface area (Å²) in [6, 6.07) is 10.2. The number of hydrogen-bond donors (Lipinski definition) is 2. The molecular weight excluding hydrogens is 348 g/mol. The fourth-order valence-electron chi connectivity index (χ4n) is 2.18. The van der Waals surface area contributed by atoms with Crippen molar-refractivity contribution in [1.82, 2.24) is 4.90 Å². The van der Waals surface area contributed by atoms with E-state index in [1.807, 2.05) is 0 Å². The first kappa shape index (κ1) is 16.3. The zero-order valence-corrected chi connectivity index (χ0v) is 13.9. The first-order chi connectivity index (χ1) is 11.5. The Kier molecular flexibility index (Phi) is 4.41. The molecule has 0 aliphatic carbocycles. The van der Waals surface area contributed by atoms with E-state index in [4.69, 9.17) is 22.4 Å². The minimum atomic E-state index is -0.632. The zero-order chi connectivity index (χ0) is 17.3. The van der Waals surface area contributed by atoms with E-state index in [2.05, 4.69) is 0 Å². The number of para-hydroxylation sites is 1. The average molecular weight is 360 g/mol. The second-order valence-electron chi connectivity index (χ2n) is 4.95. The van der Waals surface area contributed by atoms with Crippen LogP contribution in [0.4, 0.5) is 0 Å². The van der Waals surface area contributed by atoms with Crippen LogP contribution in [0.3, 0.4) is 0 Å². The Morgan fingerprint density at radius 1 is 1.33 bits per heavy atom. The van der Waals surface area contributed by atoms with Crippen molar-refractivity contribution >= 4 is 46.2 Å². The summed E-state index contributed by atoms with van der Waals surface area (Å²) < 4.78 is 5.93. The summed E-state index contributed by atoms with van der Waals surface area (Å²) in [6.07, 6.45) is 1.55. The van der Waals surface area contributed by atoms with Gasteiger partial charge in [0.25, 0.3) is 5.91 Å². The van der Waals surface area contributed by atoms with Crippen LogP contribution in [0, 0.1) is 0 Å². The molecule has 3 N–H and O–H groups in total. The highest BCUT2D eigenvalue weighted by Gasteiger charge is 2.33. The van der Waals surface area contributed by atoms with Gasteiger partial charge in [0.15, 0.2) is 0 Å². The molecular formula is C16H12N2O4S2. The van der Waals surface area contributed by atoms with Gasteiger partial charge in [-0.15, -0.1) is 0 Å². The Bertz CT molecular complexity index is 872. The van der Waals surface area contributed by atoms with E-state index in [1.54, 1.807) is 42.5 Å². The van der Waals surface area contributed by atoms with Crippen LogP contribution >= 0.6 is 24.0 Å². The van der Waals surface area contributed by atoms with Crippen LogP contribution in [0.25, 0.3) is 17.4 Å². The lowest BCUT2D eigenvalue weighted by Crippen LogP contribution is -2.36. The molecule has 0 atom stereocenters. The predicted molar refractivity (Wildman–Crippen MR) is 94.9 cm³/mol. The van der Waals surface area contributed by atoms with E-state index in [0.717, 1.165) is 16.7 Å². The van der Waals surface area contributed by atoms with E-state index in [9.17, 15) is 14.7 Å². The molecule has 24 heavy (non-hydrogen) atoms. The van der Waals surface area contributed by atoms with Crippen LogP contribution in [-0.4, -0.2) is 32.7 Å². The van der Waals surface area contributed by atoms with Gasteiger partial charge in [-0.1, -0.05) is 36.1 Å². The molecule has 0 saturated carbocycles. The molecule has 3 rings (SSSR count). The minimum Gasteiger partial charge on any atom is -0.507 e. The van der Waals surface area contributed by atoms with Crippen molar-refractivity contribution in [2.75, 3.05) is 6.54 Å². The Morgan fingerprint density at radius 3 is 2.79 bits per heavy atom. The number of hydrogen-bond acceptors (Lipinski definition) is 6. The average Bonchev–Trinajstić information content (AvgIpc) is 3.08. The van der Waals surface area contributed by atoms with Gasteiger partial charge in [-0.05, 0) is 24.3 Å². The first-order valence-electron chi connectivity index (χ1n) is 6.87. The maximum atomic E-state index is 12.2. The molecule has 1 aliphatic rings. The third-order valence-electron chi connectivity index (χ3n) is 3.26. The Balaban J connectivity index is 1.85. The standard InChI is InChI=1S/C16H12N2O4S2/c17-14(20)8-18-15(21)13(24-16(18)23)7-9-5-6-12(22-9)10-3-1-2-4-11(10)19/h1-7,19H,8H2,(H2,17,20)/b13-7+. The van der Waals surface area contributed by atoms with E-state index >= 15 is 0 Å². The normalized spacial score (nSPS) is 16.2. The van der Waals surface area contributed by atoms with Crippen LogP contribution in [0.5, 0.6) is 5.75 Å². The number of primary amides is 1. The number of phenolic OH excluding ortho intramolecular Hbond substituents is 1. The van der Waals surface area contributed by atoms with Gasteiger partial charge in [-0.2, -0.15) is 0 Å². The number of benzene rings is 1. The third-order valence-corrected chi connectivity index (χ3v) is 4.63. The number of thiocarbonyl (C=S) groups is 1. The predicted octanol–water partition coefficient (Wildman–Crippen LogP) is 2.34. The van der Waals surface area contributed by atoms with Gasteiger partial charge in [0, 0.05) is 6.08 Å². The fraction of sp³-hybridized carbons (Fsp3) is 0.0625. The Hall–Kier alpha value is -2.58. The highest BCUT2D eigenvalue weighted by molar-refractivity contribution is 8.26. The number of carbonyl (C=O) groups excluding carboxylic acids is 2. The molecule has 1 aromatic carbocycles. The molecule has 0 unspecified atom stereocenters. The van der Waals surface area contributed by atoms with Gasteiger partial charge in [-0.25, -0.2) is 0 Å². The molecule has 8 heteroatoms. The van der Waals surface area contributed by atoms with Gasteiger partial charge < -0.3 is 15.3 Å². The van der Waals surface area contributed by atoms with Crippen molar-refractivity contribution in [2.45, 2.75) is 0 Å². The third kappa shape index (κ3) is 3.19. The maximum absolute atomic E-state index is 12.2. The van der Waals surface area contributed by atoms with E-state index in [0.29, 0.717) is 22.0 Å². The molecule has 0 spiro atoms. The SMILES string of the molecule is NC(=O)CN1C(=O)/C(=C\c2ccc(-c3ccccc3O)o2)SC1=S. The van der Waals surface area contributed by atoms with Gasteiger partial charge >= 0.3 is 0 Å². The van der Waals surface area contributed by atoms with Gasteiger partial charge in [-0.3, -0.25) is 14.5 Å². The van der Waals surface area contributed by atoms with E-state index in [1.165, 1.54) is 0 Å². The van der Waals surface area contributed by atoms with E-state index < -0.39 is 5.91 Å². The summed E-state index contributed by atoms with van der Waals surface area (Å²) in [7, 11) is 0. The smallest absolute Gasteiger partial charge is 0.266 e. The molecule has 2 aromatic rings. The molecule has 2 amide bonds. The summed E-state index contributed by atoms with van der Waals surface area (Å²) in [5.41, 5.74) is 5.67. The summed E-state index contributed by atoms with van der Waals surface area (Å²) in [5.74, 6) is 0.00247. The highest BCUT2D eigenvalue weighted by atomic mass is 32.2. The number of carbonyl (C=O) groups is 2. The monoisotopic (exact) mass is 360 g/mol. The molecule has 1 aromatic heterocycles. The van der Waals surface area contributed by atoms with Crippen LogP contribution in [0.1, 0.15) is 5.76 Å². The van der Waals surface area contributed by atoms with Crippen molar-refractivity contribution in [1.29, 1.82) is 0 Å². The number of nitrogens with zero attached hydrogens (tertiary/aromatic N) is 1. The van der Waals surface area contributed by atoms with Crippen molar-refractivity contribution in [3.63, 3.8) is 0 Å². The minimum absolute atomic E-state index is 0.103. The lowest BCUT2D eigenvalue weighted by molar-refractivity contribution is -0.127. The number of furan rings is 1. The Morgan fingerprint density at radius 2 is 2.08 bits per heavy atom. The lowest BCUT2D eigenvalue weighted by atomic mass is 10.1. The molecule has 0 radical (unpaired) electrons. The van der Waals surface area contributed by atoms with Crippen LogP contribution in [0.2, 0.25) is 0 Å². The lowest BCUT2D eigenvalue weighted by Gasteiger charge is -2.10. The quantitative estimate of drug-likeness (QED) is 0.642. The second kappa shape index (κ2) is 6.50. The largest absolute Gasteiger partial charge is 0.507 e. The number of nitrogens with two attached hydrogens (primary N) is 1. The van der Waals surface area contributed by atoms with Crippen molar-refractivity contribution in [3.05, 3.63) is 47.1 Å². The molecule has 122 valence electrons. The van der Waals surface area contributed by atoms with Crippen LogP contribution in [0.15, 0.2) is 45.7 Å². The van der Waals surface area contributed by atoms with Crippen molar-refractivity contribution < 1.29 is 19.1 Å². The summed E-state index contributed by atoms with van der Waals surface area (Å²) >= 11 is 6.16. The highest BCUT2D eigenvalue weighted by Crippen LogP contribution is 2.34. The second-order valence-corrected chi connectivity index (χ2v) is 6.63. The Labute approximate surface area is 146 Å². The van der Waals surface area contributed by atoms with Gasteiger partial charge in [0.1, 0.15) is 28.1 Å². The summed E-state index contributed by atoms with van der Waals surface area (Å²) in [5, 5.41) is 9.85. The van der Waals surface area contributed by atoms with Crippen LogP contribution in [-0.2, 0) is 9.59 Å². The number of phenols is 1. The molecule has 1 fully saturated rings. The van der Waals surface area contributed by atoms with E-state index in [-0.39, 0.29) is 22.5 Å². The van der Waals surface area contributed by atoms with Crippen molar-refractivity contribution in [2.24, 2.45) is 5.73 Å². The summed E-state index contributed by atoms with van der Waals surface area (Å²) in [6.45, 7) is -0.247. The maximum Gasteiger partial charge on any atom is 0.266 e. The van der Waals surface area contributed by atoms with Crippen LogP contribution < -0.4 is 5.73 Å². The molecule has 1 aliphatic heterocycles. The van der Waals surface area contributed by atoms with Crippen molar-refractivity contribution in [3.8, 4) is 17.1 Å². The number of amides is 2. The molecule has 6 nitrogen and oxygen atoms in total. The molecule has 1 saturated heterocycles. The van der Waals surface area contributed by atoms with Gasteiger partial charge in [0.05, 0.1) is 10.5 Å². The first-order valence-corrected chi connectivity index (χ1v) is 8.10.